The molecular formula is C14H24N6O2S. The molecule has 0 radical (unpaired) electrons. The molecule has 1 aliphatic heterocycles. The number of piperazine rings is 1. The molecule has 0 spiro atoms. The van der Waals surface area contributed by atoms with Crippen LogP contribution >= 0.6 is 0 Å². The molecule has 1 fully saturated rings. The maximum atomic E-state index is 11.0. The van der Waals surface area contributed by atoms with Crippen LogP contribution in [0.15, 0.2) is 29.4 Å². The molecule has 0 amide bonds. The van der Waals surface area contributed by atoms with E-state index in [-0.39, 0.29) is 0 Å². The number of aliphatic imine (C=N–C) groups is 1. The molecule has 2 rings (SSSR count). The van der Waals surface area contributed by atoms with E-state index in [2.05, 4.69) is 29.8 Å². The Labute approximate surface area is 137 Å². The molecule has 0 aliphatic carbocycles. The van der Waals surface area contributed by atoms with Crippen molar-refractivity contribution in [3.8, 4) is 0 Å². The first-order valence-corrected chi connectivity index (χ1v) is 9.45. The zero-order valence-electron chi connectivity index (χ0n) is 13.6. The van der Waals surface area contributed by atoms with Crippen LogP contribution in [-0.2, 0) is 10.0 Å². The van der Waals surface area contributed by atoms with Gasteiger partial charge in [-0.2, -0.15) is 0 Å². The van der Waals surface area contributed by atoms with Crippen LogP contribution in [-0.4, -0.2) is 76.8 Å². The number of guanidine groups is 1. The predicted molar refractivity (Wildman–Crippen MR) is 92.2 cm³/mol. The fraction of sp³-hybridized carbons (Fsp3) is 0.571. The number of sulfonamides is 1. The minimum absolute atomic E-state index is 0.339. The minimum Gasteiger partial charge on any atom is -0.355 e. The SMILES string of the molecule is CN=C(NCCNS(C)(=O)=O)N1CCN(c2ccccn2)CC1. The summed E-state index contributed by atoms with van der Waals surface area (Å²) in [5.74, 6) is 1.79. The number of hydrogen-bond donors (Lipinski definition) is 2. The third-order valence-electron chi connectivity index (χ3n) is 3.54. The highest BCUT2D eigenvalue weighted by Gasteiger charge is 2.20. The summed E-state index contributed by atoms with van der Waals surface area (Å²) in [7, 11) is -1.42. The van der Waals surface area contributed by atoms with E-state index < -0.39 is 10.0 Å². The number of anilines is 1. The standard InChI is InChI=1S/C14H24N6O2S/c1-15-14(17-7-8-18-23(2,21)22)20-11-9-19(10-12-20)13-5-3-4-6-16-13/h3-6,18H,7-12H2,1-2H3,(H,15,17). The van der Waals surface area contributed by atoms with Gasteiger partial charge in [-0.15, -0.1) is 0 Å². The fourth-order valence-electron chi connectivity index (χ4n) is 2.43. The third-order valence-corrected chi connectivity index (χ3v) is 4.27. The summed E-state index contributed by atoms with van der Waals surface area (Å²) < 4.78 is 24.5. The molecule has 0 saturated carbocycles. The molecule has 0 unspecified atom stereocenters. The average Bonchev–Trinajstić information content (AvgIpc) is 2.55. The zero-order chi connectivity index (χ0) is 16.7. The van der Waals surface area contributed by atoms with E-state index >= 15 is 0 Å². The number of pyridine rings is 1. The molecule has 9 heteroatoms. The summed E-state index contributed by atoms with van der Waals surface area (Å²) in [6.45, 7) is 4.27. The molecule has 1 aromatic heterocycles. The fourth-order valence-corrected chi connectivity index (χ4v) is 2.90. The van der Waals surface area contributed by atoms with Gasteiger partial charge in [0.2, 0.25) is 10.0 Å². The van der Waals surface area contributed by atoms with Crippen LogP contribution in [0.4, 0.5) is 5.82 Å². The van der Waals surface area contributed by atoms with E-state index in [0.29, 0.717) is 13.1 Å². The first kappa shape index (κ1) is 17.5. The quantitative estimate of drug-likeness (QED) is 0.420. The van der Waals surface area contributed by atoms with Crippen LogP contribution in [0.3, 0.4) is 0 Å². The highest BCUT2D eigenvalue weighted by Crippen LogP contribution is 2.12. The minimum atomic E-state index is -3.15. The van der Waals surface area contributed by atoms with Crippen molar-refractivity contribution in [1.82, 2.24) is 19.9 Å². The van der Waals surface area contributed by atoms with Crippen LogP contribution in [0.2, 0.25) is 0 Å². The van der Waals surface area contributed by atoms with Gasteiger partial charge < -0.3 is 15.1 Å². The number of aromatic nitrogens is 1. The first-order valence-electron chi connectivity index (χ1n) is 7.56. The molecule has 0 aromatic carbocycles. The van der Waals surface area contributed by atoms with Gasteiger partial charge >= 0.3 is 0 Å². The first-order chi connectivity index (χ1) is 11.0. The Hall–Kier alpha value is -1.87. The zero-order valence-corrected chi connectivity index (χ0v) is 14.4. The summed E-state index contributed by atoms with van der Waals surface area (Å²) >= 11 is 0. The summed E-state index contributed by atoms with van der Waals surface area (Å²) in [4.78, 5) is 13.0. The van der Waals surface area contributed by atoms with E-state index in [1.807, 2.05) is 18.2 Å². The van der Waals surface area contributed by atoms with E-state index in [1.165, 1.54) is 0 Å². The van der Waals surface area contributed by atoms with Crippen molar-refractivity contribution in [1.29, 1.82) is 0 Å². The lowest BCUT2D eigenvalue weighted by atomic mass is 10.3. The van der Waals surface area contributed by atoms with E-state index in [0.717, 1.165) is 44.2 Å². The summed E-state index contributed by atoms with van der Waals surface area (Å²) in [5, 5.41) is 3.18. The lowest BCUT2D eigenvalue weighted by Crippen LogP contribution is -2.53. The monoisotopic (exact) mass is 340 g/mol. The Kier molecular flexibility index (Phi) is 6.17. The molecule has 1 saturated heterocycles. The van der Waals surface area contributed by atoms with Crippen molar-refractivity contribution in [2.24, 2.45) is 4.99 Å². The molecular weight excluding hydrogens is 316 g/mol. The van der Waals surface area contributed by atoms with Crippen LogP contribution in [0.5, 0.6) is 0 Å². The Bertz CT molecular complexity index is 611. The molecule has 2 N–H and O–H groups in total. The molecule has 0 bridgehead atoms. The van der Waals surface area contributed by atoms with Crippen molar-refractivity contribution < 1.29 is 8.42 Å². The normalized spacial score (nSPS) is 16.5. The summed E-state index contributed by atoms with van der Waals surface area (Å²) in [5.41, 5.74) is 0. The summed E-state index contributed by atoms with van der Waals surface area (Å²) in [6, 6.07) is 5.92. The molecule has 1 aromatic rings. The largest absolute Gasteiger partial charge is 0.355 e. The molecule has 8 nitrogen and oxygen atoms in total. The second-order valence-electron chi connectivity index (χ2n) is 5.30. The van der Waals surface area contributed by atoms with Crippen LogP contribution in [0.25, 0.3) is 0 Å². The van der Waals surface area contributed by atoms with Gasteiger partial charge in [-0.3, -0.25) is 4.99 Å². The molecule has 1 aliphatic rings. The van der Waals surface area contributed by atoms with Gasteiger partial charge in [0.1, 0.15) is 5.82 Å². The van der Waals surface area contributed by atoms with Crippen molar-refractivity contribution in [3.05, 3.63) is 24.4 Å². The second-order valence-corrected chi connectivity index (χ2v) is 7.14. The average molecular weight is 340 g/mol. The smallest absolute Gasteiger partial charge is 0.208 e. The number of hydrogen-bond acceptors (Lipinski definition) is 5. The van der Waals surface area contributed by atoms with Gasteiger partial charge in [-0.1, -0.05) is 6.07 Å². The van der Waals surface area contributed by atoms with E-state index in [4.69, 9.17) is 0 Å². The number of nitrogens with one attached hydrogen (secondary N) is 2. The molecule has 23 heavy (non-hydrogen) atoms. The number of rotatable bonds is 5. The highest BCUT2D eigenvalue weighted by molar-refractivity contribution is 7.88. The Morgan fingerprint density at radius 1 is 1.26 bits per heavy atom. The Morgan fingerprint density at radius 2 is 2.00 bits per heavy atom. The van der Waals surface area contributed by atoms with Crippen molar-refractivity contribution in [3.63, 3.8) is 0 Å². The van der Waals surface area contributed by atoms with Crippen LogP contribution < -0.4 is 14.9 Å². The van der Waals surface area contributed by atoms with Crippen molar-refractivity contribution in [2.45, 2.75) is 0 Å². The van der Waals surface area contributed by atoms with Crippen molar-refractivity contribution in [2.75, 3.05) is 57.5 Å². The van der Waals surface area contributed by atoms with Gasteiger partial charge in [0.15, 0.2) is 5.96 Å². The molecule has 2 heterocycles. The Balaban J connectivity index is 1.78. The topological polar surface area (TPSA) is 89.9 Å². The van der Waals surface area contributed by atoms with Gasteiger partial charge in [0, 0.05) is 52.5 Å². The second kappa shape index (κ2) is 8.11. The van der Waals surface area contributed by atoms with Crippen LogP contribution in [0.1, 0.15) is 0 Å². The Morgan fingerprint density at radius 3 is 2.57 bits per heavy atom. The number of nitrogens with zero attached hydrogens (tertiary/aromatic N) is 4. The highest BCUT2D eigenvalue weighted by atomic mass is 32.2. The third kappa shape index (κ3) is 5.68. The lowest BCUT2D eigenvalue weighted by Gasteiger charge is -2.37. The maximum Gasteiger partial charge on any atom is 0.208 e. The van der Waals surface area contributed by atoms with Crippen molar-refractivity contribution >= 4 is 21.8 Å². The van der Waals surface area contributed by atoms with Gasteiger partial charge in [0.05, 0.1) is 6.26 Å². The van der Waals surface area contributed by atoms with Gasteiger partial charge in [-0.05, 0) is 12.1 Å². The van der Waals surface area contributed by atoms with Gasteiger partial charge in [0.25, 0.3) is 0 Å². The van der Waals surface area contributed by atoms with E-state index in [9.17, 15) is 8.42 Å². The van der Waals surface area contributed by atoms with Gasteiger partial charge in [-0.25, -0.2) is 18.1 Å². The molecule has 128 valence electrons. The predicted octanol–water partition coefficient (Wildman–Crippen LogP) is -0.672. The lowest BCUT2D eigenvalue weighted by molar-refractivity contribution is 0.372. The van der Waals surface area contributed by atoms with Crippen LogP contribution in [0, 0.1) is 0 Å². The summed E-state index contributed by atoms with van der Waals surface area (Å²) in [6.07, 6.45) is 2.95. The molecule has 0 atom stereocenters. The van der Waals surface area contributed by atoms with E-state index in [1.54, 1.807) is 13.2 Å². The maximum absolute atomic E-state index is 11.0.